The maximum absolute atomic E-state index is 11.0. The standard InChI is InChI=1S/C16H11ClN4O/c1-21-16-14(9-19-21)12(6-7-15(16)20-22)13(8-18)10-2-4-11(17)5-3-10/h2-7,9,19H,1H3/b13-12+. The van der Waals surface area contributed by atoms with Crippen molar-refractivity contribution in [3.8, 4) is 6.07 Å². The zero-order chi connectivity index (χ0) is 15.7. The molecule has 0 aromatic heterocycles. The van der Waals surface area contributed by atoms with Gasteiger partial charge >= 0.3 is 0 Å². The topological polar surface area (TPSA) is 68.5 Å². The average molecular weight is 311 g/mol. The van der Waals surface area contributed by atoms with Gasteiger partial charge in [-0.3, -0.25) is 5.01 Å². The van der Waals surface area contributed by atoms with E-state index in [9.17, 15) is 10.2 Å². The molecule has 1 N–H and O–H groups in total. The molecule has 2 aromatic rings. The molecule has 22 heavy (non-hydrogen) atoms. The summed E-state index contributed by atoms with van der Waals surface area (Å²) < 4.78 is 0. The Morgan fingerprint density at radius 1 is 1.27 bits per heavy atom. The van der Waals surface area contributed by atoms with Crippen LogP contribution in [0.25, 0.3) is 11.8 Å². The van der Waals surface area contributed by atoms with Crippen molar-refractivity contribution in [1.29, 1.82) is 5.26 Å². The lowest BCUT2D eigenvalue weighted by molar-refractivity contribution is 0.902. The zero-order valence-electron chi connectivity index (χ0n) is 11.7. The number of nitrogens with one attached hydrogen (secondary N) is 1. The van der Waals surface area contributed by atoms with Gasteiger partial charge in [0.05, 0.1) is 11.3 Å². The van der Waals surface area contributed by atoms with Gasteiger partial charge < -0.3 is 5.43 Å². The number of hydrogen-bond acceptors (Lipinski definition) is 5. The van der Waals surface area contributed by atoms with Crippen molar-refractivity contribution in [2.45, 2.75) is 0 Å². The third-order valence-corrected chi connectivity index (χ3v) is 3.80. The largest absolute Gasteiger partial charge is 0.305 e. The van der Waals surface area contributed by atoms with E-state index in [1.54, 1.807) is 54.7 Å². The lowest BCUT2D eigenvalue weighted by Crippen LogP contribution is -2.29. The summed E-state index contributed by atoms with van der Waals surface area (Å²) in [5, 5.41) is 16.4. The molecule has 5 nitrogen and oxygen atoms in total. The second-order valence-corrected chi connectivity index (χ2v) is 5.25. The Labute approximate surface area is 131 Å². The number of fused-ring (bicyclic) bond motifs is 1. The number of hydrogen-bond donors (Lipinski definition) is 1. The minimum Gasteiger partial charge on any atom is -0.305 e. The highest BCUT2D eigenvalue weighted by Crippen LogP contribution is 2.23. The Hall–Kier alpha value is -2.84. The summed E-state index contributed by atoms with van der Waals surface area (Å²) in [4.78, 5) is 11.0. The third kappa shape index (κ3) is 2.20. The van der Waals surface area contributed by atoms with Gasteiger partial charge in [-0.25, -0.2) is 0 Å². The van der Waals surface area contributed by atoms with Crippen LogP contribution in [0.4, 0.5) is 11.4 Å². The number of hydrazine groups is 1. The molecule has 0 spiro atoms. The molecule has 1 heterocycles. The fraction of sp³-hybridized carbons (Fsp3) is 0.0625. The van der Waals surface area contributed by atoms with E-state index in [0.29, 0.717) is 22.0 Å². The summed E-state index contributed by atoms with van der Waals surface area (Å²) in [6.45, 7) is 0. The zero-order valence-corrected chi connectivity index (χ0v) is 12.4. The van der Waals surface area contributed by atoms with Gasteiger partial charge in [-0.1, -0.05) is 29.8 Å². The van der Waals surface area contributed by atoms with E-state index >= 15 is 0 Å². The van der Waals surface area contributed by atoms with E-state index in [1.807, 2.05) is 0 Å². The van der Waals surface area contributed by atoms with Gasteiger partial charge in [0.2, 0.25) is 0 Å². The van der Waals surface area contributed by atoms with Crippen molar-refractivity contribution in [1.82, 2.24) is 5.43 Å². The van der Waals surface area contributed by atoms with Gasteiger partial charge in [0, 0.05) is 28.7 Å². The maximum atomic E-state index is 11.0. The van der Waals surface area contributed by atoms with Crippen LogP contribution in [0.2, 0.25) is 5.02 Å². The van der Waals surface area contributed by atoms with Crippen LogP contribution in [0.1, 0.15) is 5.56 Å². The monoisotopic (exact) mass is 310 g/mol. The van der Waals surface area contributed by atoms with Crippen LogP contribution in [0.15, 0.2) is 41.6 Å². The number of benzene rings is 2. The fourth-order valence-corrected chi connectivity index (χ4v) is 2.64. The first-order chi connectivity index (χ1) is 10.7. The molecule has 0 saturated carbocycles. The Morgan fingerprint density at radius 3 is 2.64 bits per heavy atom. The molecule has 1 aliphatic rings. The van der Waals surface area contributed by atoms with Crippen LogP contribution in [0.3, 0.4) is 0 Å². The Kier molecular flexibility index (Phi) is 3.53. The molecular weight excluding hydrogens is 300 g/mol. The molecule has 0 radical (unpaired) electrons. The van der Waals surface area contributed by atoms with E-state index in [1.165, 1.54) is 0 Å². The molecular formula is C16H11ClN4O. The van der Waals surface area contributed by atoms with Gasteiger partial charge in [0.1, 0.15) is 11.8 Å². The van der Waals surface area contributed by atoms with Crippen LogP contribution < -0.4 is 20.9 Å². The van der Waals surface area contributed by atoms with E-state index in [-0.39, 0.29) is 0 Å². The fourth-order valence-electron chi connectivity index (χ4n) is 2.51. The lowest BCUT2D eigenvalue weighted by Gasteiger charge is -2.14. The molecule has 0 bridgehead atoms. The Bertz CT molecular complexity index is 913. The summed E-state index contributed by atoms with van der Waals surface area (Å²) in [5.74, 6) is 0. The molecule has 0 fully saturated rings. The number of halogens is 1. The minimum absolute atomic E-state index is 0.330. The van der Waals surface area contributed by atoms with Crippen LogP contribution in [0.5, 0.6) is 0 Å². The average Bonchev–Trinajstić information content (AvgIpc) is 2.92. The molecule has 0 aliphatic carbocycles. The van der Waals surface area contributed by atoms with Crippen LogP contribution in [-0.4, -0.2) is 7.05 Å². The first-order valence-electron chi connectivity index (χ1n) is 6.52. The molecule has 0 atom stereocenters. The number of anilines is 1. The third-order valence-electron chi connectivity index (χ3n) is 3.55. The van der Waals surface area contributed by atoms with Crippen LogP contribution in [0, 0.1) is 16.2 Å². The van der Waals surface area contributed by atoms with Gasteiger partial charge in [0.25, 0.3) is 0 Å². The van der Waals surface area contributed by atoms with Crippen LogP contribution in [-0.2, 0) is 0 Å². The quantitative estimate of drug-likeness (QED) is 0.863. The second-order valence-electron chi connectivity index (χ2n) is 4.81. The van der Waals surface area contributed by atoms with Gasteiger partial charge in [-0.2, -0.15) is 5.26 Å². The lowest BCUT2D eigenvalue weighted by atomic mass is 10.0. The SMILES string of the molecule is CN1NC=c2c1c(N=O)cc/c2=C(/C#N)c1ccc(Cl)cc1. The van der Waals surface area contributed by atoms with Crippen molar-refractivity contribution in [2.75, 3.05) is 12.1 Å². The highest BCUT2D eigenvalue weighted by atomic mass is 35.5. The molecule has 0 unspecified atom stereocenters. The molecule has 1 aliphatic heterocycles. The van der Waals surface area contributed by atoms with E-state index in [2.05, 4.69) is 16.7 Å². The summed E-state index contributed by atoms with van der Waals surface area (Å²) in [7, 11) is 1.79. The highest BCUT2D eigenvalue weighted by molar-refractivity contribution is 6.30. The normalized spacial score (nSPS) is 13.6. The van der Waals surface area contributed by atoms with Gasteiger partial charge in [-0.15, -0.1) is 4.91 Å². The Balaban J connectivity index is 2.38. The van der Waals surface area contributed by atoms with Gasteiger partial charge in [-0.05, 0) is 28.9 Å². The predicted molar refractivity (Wildman–Crippen MR) is 86.7 cm³/mol. The number of nitrogens with zero attached hydrogens (tertiary/aromatic N) is 3. The van der Waals surface area contributed by atoms with Gasteiger partial charge in [0.15, 0.2) is 0 Å². The van der Waals surface area contributed by atoms with E-state index < -0.39 is 0 Å². The first kappa shape index (κ1) is 14.1. The van der Waals surface area contributed by atoms with E-state index in [4.69, 9.17) is 11.6 Å². The summed E-state index contributed by atoms with van der Waals surface area (Å²) in [6.07, 6.45) is 1.76. The van der Waals surface area contributed by atoms with E-state index in [0.717, 1.165) is 16.0 Å². The summed E-state index contributed by atoms with van der Waals surface area (Å²) >= 11 is 5.90. The Morgan fingerprint density at radius 2 is 2.00 bits per heavy atom. The second kappa shape index (κ2) is 5.51. The molecule has 2 aromatic carbocycles. The molecule has 3 rings (SSSR count). The smallest absolute Gasteiger partial charge is 0.133 e. The van der Waals surface area contributed by atoms with Crippen LogP contribution >= 0.6 is 11.6 Å². The van der Waals surface area contributed by atoms with Crippen molar-refractivity contribution in [3.05, 3.63) is 62.3 Å². The highest BCUT2D eigenvalue weighted by Gasteiger charge is 2.16. The molecule has 0 amide bonds. The maximum Gasteiger partial charge on any atom is 0.133 e. The number of nitriles is 1. The minimum atomic E-state index is 0.330. The predicted octanol–water partition coefficient (Wildman–Crippen LogP) is 2.15. The first-order valence-corrected chi connectivity index (χ1v) is 6.90. The van der Waals surface area contributed by atoms with Crippen molar-refractivity contribution < 1.29 is 0 Å². The number of nitroso groups, excluding NO2 is 1. The summed E-state index contributed by atoms with van der Waals surface area (Å²) in [5.41, 5.74) is 5.28. The molecule has 6 heteroatoms. The van der Waals surface area contributed by atoms with Crippen molar-refractivity contribution in [3.63, 3.8) is 0 Å². The summed E-state index contributed by atoms with van der Waals surface area (Å²) in [6, 6.07) is 12.7. The molecule has 108 valence electrons. The van der Waals surface area contributed by atoms with Crippen molar-refractivity contribution in [2.24, 2.45) is 5.18 Å². The van der Waals surface area contributed by atoms with Crippen molar-refractivity contribution >= 4 is 34.7 Å². The number of rotatable bonds is 2. The molecule has 0 saturated heterocycles.